The number of Topliss-reactive ketones (excluding diaryl/α,β-unsaturated/α-hetero) is 1. The van der Waals surface area contributed by atoms with E-state index in [4.69, 9.17) is 0 Å². The van der Waals surface area contributed by atoms with Crippen LogP contribution in [0.4, 0.5) is 0 Å². The summed E-state index contributed by atoms with van der Waals surface area (Å²) >= 11 is 0. The van der Waals surface area contributed by atoms with Gasteiger partial charge in [0.05, 0.1) is 0 Å². The van der Waals surface area contributed by atoms with E-state index in [1.165, 1.54) is 38.5 Å². The van der Waals surface area contributed by atoms with Gasteiger partial charge in [-0.1, -0.05) is 0 Å². The molecule has 60 valence electrons. The van der Waals surface area contributed by atoms with Crippen LogP contribution in [0.2, 0.25) is 0 Å². The molecule has 3 rings (SSSR count). The van der Waals surface area contributed by atoms with E-state index in [1.807, 2.05) is 0 Å². The summed E-state index contributed by atoms with van der Waals surface area (Å²) in [5.41, 5.74) is 0.790. The number of carbonyl (C=O) groups is 1. The van der Waals surface area contributed by atoms with Crippen molar-refractivity contribution in [1.29, 1.82) is 0 Å². The molecule has 0 heterocycles. The van der Waals surface area contributed by atoms with Crippen molar-refractivity contribution in [3.05, 3.63) is 0 Å². The van der Waals surface area contributed by atoms with Gasteiger partial charge in [-0.15, -0.1) is 0 Å². The third-order valence-electron chi connectivity index (χ3n) is 4.07. The van der Waals surface area contributed by atoms with Crippen LogP contribution >= 0.6 is 0 Å². The van der Waals surface area contributed by atoms with Crippen LogP contribution in [0.5, 0.6) is 0 Å². The quantitative estimate of drug-likeness (QED) is 0.518. The molecule has 0 bridgehead atoms. The number of rotatable bonds is 0. The number of carbonyl (C=O) groups excluding carboxylic acids is 1. The van der Waals surface area contributed by atoms with E-state index in [0.717, 1.165) is 6.42 Å². The van der Waals surface area contributed by atoms with E-state index in [0.29, 0.717) is 11.2 Å². The van der Waals surface area contributed by atoms with Gasteiger partial charge in [0.25, 0.3) is 0 Å². The first kappa shape index (κ1) is 6.22. The lowest BCUT2D eigenvalue weighted by Crippen LogP contribution is -2.26. The van der Waals surface area contributed by atoms with Crippen molar-refractivity contribution in [2.45, 2.75) is 44.9 Å². The van der Waals surface area contributed by atoms with Crippen molar-refractivity contribution in [2.75, 3.05) is 0 Å². The summed E-state index contributed by atoms with van der Waals surface area (Å²) in [4.78, 5) is 11.6. The average molecular weight is 150 g/mol. The Morgan fingerprint density at radius 1 is 0.909 bits per heavy atom. The fraction of sp³-hybridized carbons (Fsp3) is 0.900. The van der Waals surface area contributed by atoms with Crippen LogP contribution in [0.25, 0.3) is 0 Å². The molecule has 0 atom stereocenters. The third-order valence-corrected chi connectivity index (χ3v) is 4.07. The first-order valence-corrected chi connectivity index (χ1v) is 4.78. The highest BCUT2D eigenvalue weighted by atomic mass is 16.1. The van der Waals surface area contributed by atoms with E-state index in [1.54, 1.807) is 0 Å². The summed E-state index contributed by atoms with van der Waals surface area (Å²) in [6, 6.07) is 0. The molecule has 0 saturated heterocycles. The lowest BCUT2D eigenvalue weighted by atomic mass is 9.77. The van der Waals surface area contributed by atoms with Crippen LogP contribution in [0.1, 0.15) is 44.9 Å². The van der Waals surface area contributed by atoms with Crippen molar-refractivity contribution in [3.63, 3.8) is 0 Å². The molecule has 3 fully saturated rings. The maximum absolute atomic E-state index is 11.6. The van der Waals surface area contributed by atoms with Crippen LogP contribution in [-0.4, -0.2) is 5.78 Å². The van der Waals surface area contributed by atoms with Gasteiger partial charge in [0.1, 0.15) is 5.78 Å². The van der Waals surface area contributed by atoms with E-state index in [2.05, 4.69) is 0 Å². The number of hydrogen-bond acceptors (Lipinski definition) is 1. The van der Waals surface area contributed by atoms with Crippen LogP contribution in [0.15, 0.2) is 0 Å². The van der Waals surface area contributed by atoms with Gasteiger partial charge in [-0.2, -0.15) is 0 Å². The largest absolute Gasteiger partial charge is 0.299 e. The average Bonchev–Trinajstić information content (AvgIpc) is 2.78. The molecule has 0 radical (unpaired) electrons. The van der Waals surface area contributed by atoms with Gasteiger partial charge in [0.15, 0.2) is 0 Å². The molecule has 11 heavy (non-hydrogen) atoms. The topological polar surface area (TPSA) is 17.1 Å². The second-order valence-electron chi connectivity index (χ2n) is 4.88. The Morgan fingerprint density at radius 3 is 1.91 bits per heavy atom. The predicted octanol–water partition coefficient (Wildman–Crippen LogP) is 2.30. The van der Waals surface area contributed by atoms with Gasteiger partial charge in [0, 0.05) is 11.8 Å². The van der Waals surface area contributed by atoms with Gasteiger partial charge in [-0.25, -0.2) is 0 Å². The van der Waals surface area contributed by atoms with Crippen molar-refractivity contribution in [3.8, 4) is 0 Å². The minimum atomic E-state index is 0.244. The summed E-state index contributed by atoms with van der Waals surface area (Å²) in [5, 5.41) is 0. The predicted molar refractivity (Wildman–Crippen MR) is 42.2 cm³/mol. The molecule has 0 amide bonds. The molecule has 3 aliphatic rings. The summed E-state index contributed by atoms with van der Waals surface area (Å²) in [6.45, 7) is 0. The third kappa shape index (κ3) is 0.743. The van der Waals surface area contributed by atoms with E-state index in [9.17, 15) is 4.79 Å². The first-order valence-electron chi connectivity index (χ1n) is 4.78. The van der Waals surface area contributed by atoms with Gasteiger partial charge < -0.3 is 0 Å². The minimum absolute atomic E-state index is 0.244. The smallest absolute Gasteiger partial charge is 0.139 e. The molecule has 2 spiro atoms. The zero-order valence-corrected chi connectivity index (χ0v) is 6.86. The zero-order chi connectivity index (χ0) is 7.53. The Morgan fingerprint density at radius 2 is 1.45 bits per heavy atom. The Kier molecular flexibility index (Phi) is 0.875. The van der Waals surface area contributed by atoms with Gasteiger partial charge in [-0.05, 0) is 43.9 Å². The maximum atomic E-state index is 11.6. The van der Waals surface area contributed by atoms with Crippen LogP contribution < -0.4 is 0 Å². The molecule has 0 aromatic rings. The summed E-state index contributed by atoms with van der Waals surface area (Å²) < 4.78 is 0. The maximum Gasteiger partial charge on any atom is 0.139 e. The Balaban J connectivity index is 1.83. The lowest BCUT2D eigenvalue weighted by Gasteiger charge is -2.26. The van der Waals surface area contributed by atoms with Crippen LogP contribution in [0, 0.1) is 10.8 Å². The molecule has 3 aliphatic carbocycles. The summed E-state index contributed by atoms with van der Waals surface area (Å²) in [7, 11) is 0. The second kappa shape index (κ2) is 1.55. The van der Waals surface area contributed by atoms with Crippen LogP contribution in [0.3, 0.4) is 0 Å². The van der Waals surface area contributed by atoms with Gasteiger partial charge in [0.2, 0.25) is 0 Å². The molecular formula is C10H14O. The number of hydrogen-bond donors (Lipinski definition) is 0. The highest BCUT2D eigenvalue weighted by molar-refractivity contribution is 5.89. The summed E-state index contributed by atoms with van der Waals surface area (Å²) in [6.07, 6.45) is 8.63. The second-order valence-corrected chi connectivity index (χ2v) is 4.88. The van der Waals surface area contributed by atoms with Crippen molar-refractivity contribution >= 4 is 5.78 Å². The molecule has 0 aromatic heterocycles. The molecule has 0 aliphatic heterocycles. The highest BCUT2D eigenvalue weighted by Crippen LogP contribution is 2.64. The highest BCUT2D eigenvalue weighted by Gasteiger charge is 2.58. The van der Waals surface area contributed by atoms with Crippen molar-refractivity contribution in [2.24, 2.45) is 10.8 Å². The first-order chi connectivity index (χ1) is 5.25. The van der Waals surface area contributed by atoms with E-state index in [-0.39, 0.29) is 5.41 Å². The Labute approximate surface area is 67.2 Å². The molecule has 1 heteroatoms. The molecule has 0 unspecified atom stereocenters. The van der Waals surface area contributed by atoms with Gasteiger partial charge >= 0.3 is 0 Å². The number of ketones is 1. The fourth-order valence-electron chi connectivity index (χ4n) is 2.54. The lowest BCUT2D eigenvalue weighted by molar-refractivity contribution is -0.128. The van der Waals surface area contributed by atoms with E-state index < -0.39 is 0 Å². The Hall–Kier alpha value is -0.330. The molecule has 0 aromatic carbocycles. The normalized spacial score (nSPS) is 36.2. The monoisotopic (exact) mass is 150 g/mol. The summed E-state index contributed by atoms with van der Waals surface area (Å²) in [5.74, 6) is 0.612. The molecule has 3 saturated carbocycles. The van der Waals surface area contributed by atoms with Gasteiger partial charge in [-0.3, -0.25) is 4.79 Å². The van der Waals surface area contributed by atoms with E-state index >= 15 is 0 Å². The zero-order valence-electron chi connectivity index (χ0n) is 6.86. The van der Waals surface area contributed by atoms with Crippen LogP contribution in [-0.2, 0) is 4.79 Å². The van der Waals surface area contributed by atoms with Crippen molar-refractivity contribution in [1.82, 2.24) is 0 Å². The standard InChI is InChI=1S/C10H14O/c11-8-7-9(1-2-9)3-4-10(8)5-6-10/h1-7H2. The Bertz CT molecular complexity index is 221. The molecule has 0 N–H and O–H groups in total. The SMILES string of the molecule is O=C1CC2(CC2)CCC12CC2. The van der Waals surface area contributed by atoms with Crippen molar-refractivity contribution < 1.29 is 4.79 Å². The molecular weight excluding hydrogens is 136 g/mol. The molecule has 1 nitrogen and oxygen atoms in total. The fourth-order valence-corrected chi connectivity index (χ4v) is 2.54. The minimum Gasteiger partial charge on any atom is -0.299 e.